The fourth-order valence-electron chi connectivity index (χ4n) is 8.00. The molecule has 0 aromatic rings. The van der Waals surface area contributed by atoms with Crippen molar-refractivity contribution in [1.82, 2.24) is 0 Å². The van der Waals surface area contributed by atoms with Gasteiger partial charge in [-0.2, -0.15) is 0 Å². The number of carbonyl (C=O) groups excluding carboxylic acids is 3. The van der Waals surface area contributed by atoms with E-state index in [0.717, 1.165) is 161 Å². The molecule has 76 heavy (non-hydrogen) atoms. The van der Waals surface area contributed by atoms with Crippen LogP contribution in [0, 0.1) is 0 Å². The molecule has 0 radical (unpaired) electrons. The topological polar surface area (TPSA) is 78.9 Å². The Labute approximate surface area is 467 Å². The van der Waals surface area contributed by atoms with Gasteiger partial charge in [0.05, 0.1) is 0 Å². The molecule has 0 saturated heterocycles. The monoisotopic (exact) mass is 1050 g/mol. The highest BCUT2D eigenvalue weighted by atomic mass is 16.6. The van der Waals surface area contributed by atoms with E-state index < -0.39 is 6.10 Å². The first-order valence-corrected chi connectivity index (χ1v) is 30.8. The predicted molar refractivity (Wildman–Crippen MR) is 329 cm³/mol. The summed E-state index contributed by atoms with van der Waals surface area (Å²) in [4.78, 5) is 38.2. The molecule has 0 aliphatic rings. The first-order chi connectivity index (χ1) is 37.5. The van der Waals surface area contributed by atoms with Crippen LogP contribution in [-0.4, -0.2) is 37.2 Å². The number of rotatable bonds is 54. The summed E-state index contributed by atoms with van der Waals surface area (Å²) in [6, 6.07) is 0. The van der Waals surface area contributed by atoms with Gasteiger partial charge in [0.25, 0.3) is 0 Å². The number of hydrogen-bond donors (Lipinski definition) is 0. The van der Waals surface area contributed by atoms with Gasteiger partial charge in [-0.1, -0.05) is 244 Å². The van der Waals surface area contributed by atoms with Crippen molar-refractivity contribution in [3.63, 3.8) is 0 Å². The van der Waals surface area contributed by atoms with Crippen molar-refractivity contribution in [2.45, 2.75) is 264 Å². The lowest BCUT2D eigenvalue weighted by atomic mass is 10.1. The van der Waals surface area contributed by atoms with Crippen LogP contribution < -0.4 is 0 Å². The van der Waals surface area contributed by atoms with Crippen LogP contribution in [0.15, 0.2) is 146 Å². The maximum absolute atomic E-state index is 12.9. The number of carbonyl (C=O) groups is 3. The second-order valence-electron chi connectivity index (χ2n) is 19.8. The Morgan fingerprint density at radius 1 is 0.276 bits per heavy atom. The average molecular weight is 1050 g/mol. The normalized spacial score (nSPS) is 13.1. The molecule has 1 atom stereocenters. The molecule has 0 amide bonds. The van der Waals surface area contributed by atoms with E-state index in [0.29, 0.717) is 19.3 Å². The molecule has 0 saturated carbocycles. The van der Waals surface area contributed by atoms with E-state index in [2.05, 4.69) is 167 Å². The molecule has 0 aliphatic heterocycles. The Balaban J connectivity index is 4.39. The number of unbranched alkanes of at least 4 members (excludes halogenated alkanes) is 19. The maximum atomic E-state index is 12.9. The van der Waals surface area contributed by atoms with Gasteiger partial charge in [0.2, 0.25) is 0 Å². The summed E-state index contributed by atoms with van der Waals surface area (Å²) in [7, 11) is 0. The van der Waals surface area contributed by atoms with Crippen molar-refractivity contribution < 1.29 is 28.6 Å². The van der Waals surface area contributed by atoms with E-state index in [1.165, 1.54) is 57.8 Å². The molecule has 0 spiro atoms. The van der Waals surface area contributed by atoms with Gasteiger partial charge in [-0.25, -0.2) is 0 Å². The minimum absolute atomic E-state index is 0.0994. The fraction of sp³-hybridized carbons (Fsp3) is 0.614. The molecule has 6 heteroatoms. The summed E-state index contributed by atoms with van der Waals surface area (Å²) >= 11 is 0. The lowest BCUT2D eigenvalue weighted by molar-refractivity contribution is -0.167. The molecule has 0 bridgehead atoms. The molecule has 6 nitrogen and oxygen atoms in total. The fourth-order valence-corrected chi connectivity index (χ4v) is 8.00. The van der Waals surface area contributed by atoms with Gasteiger partial charge in [0, 0.05) is 19.3 Å². The van der Waals surface area contributed by atoms with E-state index in [4.69, 9.17) is 14.2 Å². The molecule has 1 unspecified atom stereocenters. The Morgan fingerprint density at radius 3 is 0.816 bits per heavy atom. The summed E-state index contributed by atoms with van der Waals surface area (Å²) in [6.45, 7) is 6.35. The van der Waals surface area contributed by atoms with Crippen LogP contribution >= 0.6 is 0 Å². The summed E-state index contributed by atoms with van der Waals surface area (Å²) in [5.41, 5.74) is 0. The van der Waals surface area contributed by atoms with Gasteiger partial charge in [-0.15, -0.1) is 0 Å². The molecule has 0 aromatic heterocycles. The Kier molecular flexibility index (Phi) is 58.9. The molecular formula is C70H112O6. The highest BCUT2D eigenvalue weighted by molar-refractivity contribution is 5.71. The zero-order valence-corrected chi connectivity index (χ0v) is 49.0. The van der Waals surface area contributed by atoms with E-state index in [9.17, 15) is 14.4 Å². The summed E-state index contributed by atoms with van der Waals surface area (Å²) < 4.78 is 16.8. The van der Waals surface area contributed by atoms with Crippen molar-refractivity contribution in [2.24, 2.45) is 0 Å². The van der Waals surface area contributed by atoms with Crippen LogP contribution in [0.1, 0.15) is 258 Å². The molecular weight excluding hydrogens is 937 g/mol. The first-order valence-electron chi connectivity index (χ1n) is 30.8. The van der Waals surface area contributed by atoms with Crippen molar-refractivity contribution >= 4 is 17.9 Å². The van der Waals surface area contributed by atoms with Crippen LogP contribution in [0.3, 0.4) is 0 Å². The van der Waals surface area contributed by atoms with E-state index in [-0.39, 0.29) is 31.1 Å². The van der Waals surface area contributed by atoms with Crippen LogP contribution in [0.4, 0.5) is 0 Å². The van der Waals surface area contributed by atoms with Gasteiger partial charge in [-0.05, 0) is 141 Å². The number of esters is 3. The lowest BCUT2D eigenvalue weighted by Crippen LogP contribution is -2.30. The number of ether oxygens (including phenoxy) is 3. The quantitative estimate of drug-likeness (QED) is 0.0261. The molecule has 0 N–H and O–H groups in total. The molecule has 0 aromatic carbocycles. The third-order valence-electron chi connectivity index (χ3n) is 12.6. The molecule has 0 fully saturated rings. The van der Waals surface area contributed by atoms with Gasteiger partial charge < -0.3 is 14.2 Å². The van der Waals surface area contributed by atoms with Crippen LogP contribution in [0.25, 0.3) is 0 Å². The van der Waals surface area contributed by atoms with E-state index in [1.807, 2.05) is 0 Å². The number of allylic oxidation sites excluding steroid dienone is 24. The third kappa shape index (κ3) is 60.2. The smallest absolute Gasteiger partial charge is 0.306 e. The Morgan fingerprint density at radius 2 is 0.513 bits per heavy atom. The van der Waals surface area contributed by atoms with Crippen LogP contribution in [0.2, 0.25) is 0 Å². The third-order valence-corrected chi connectivity index (χ3v) is 12.6. The van der Waals surface area contributed by atoms with Gasteiger partial charge in [-0.3, -0.25) is 14.4 Å². The standard InChI is InChI=1S/C70H112O6/c1-4-7-10-13-16-19-22-25-27-29-30-31-32-33-34-35-36-37-38-39-40-42-43-45-48-51-54-57-60-63-69(72)75-66-67(65-74-68(71)62-59-56-53-50-47-24-21-18-15-12-9-6-3)76-70(73)64-61-58-55-52-49-46-44-41-28-26-23-20-17-14-11-8-5-2/h7-8,10-11,16-21,25-28,30-31,33-34,36-37,39-40,43,45,67H,4-6,9,12-15,22-24,29,32,35,38,41-42,44,46-66H2,1-3H3/b10-7-,11-8-,19-16-,20-17-,21-18-,27-25-,28-26-,31-30-,34-33-,37-36-,40-39-,45-43-. The van der Waals surface area contributed by atoms with Gasteiger partial charge in [0.1, 0.15) is 13.2 Å². The Hall–Kier alpha value is -4.71. The van der Waals surface area contributed by atoms with E-state index in [1.54, 1.807) is 0 Å². The molecule has 0 heterocycles. The first kappa shape index (κ1) is 71.3. The summed E-state index contributed by atoms with van der Waals surface area (Å²) in [5, 5.41) is 0. The lowest BCUT2D eigenvalue weighted by Gasteiger charge is -2.18. The van der Waals surface area contributed by atoms with Crippen molar-refractivity contribution in [3.05, 3.63) is 146 Å². The Bertz CT molecular complexity index is 1680. The second-order valence-corrected chi connectivity index (χ2v) is 19.8. The highest BCUT2D eigenvalue weighted by Gasteiger charge is 2.19. The van der Waals surface area contributed by atoms with Gasteiger partial charge >= 0.3 is 17.9 Å². The zero-order chi connectivity index (χ0) is 55.0. The average Bonchev–Trinajstić information content (AvgIpc) is 3.42. The van der Waals surface area contributed by atoms with Crippen LogP contribution in [0.5, 0.6) is 0 Å². The number of hydrogen-bond acceptors (Lipinski definition) is 6. The van der Waals surface area contributed by atoms with Gasteiger partial charge in [0.15, 0.2) is 6.10 Å². The van der Waals surface area contributed by atoms with Crippen molar-refractivity contribution in [2.75, 3.05) is 13.2 Å². The van der Waals surface area contributed by atoms with Crippen molar-refractivity contribution in [3.8, 4) is 0 Å². The maximum Gasteiger partial charge on any atom is 0.306 e. The largest absolute Gasteiger partial charge is 0.462 e. The molecule has 0 aliphatic carbocycles. The predicted octanol–water partition coefficient (Wildman–Crippen LogP) is 21.2. The molecule has 0 rings (SSSR count). The van der Waals surface area contributed by atoms with E-state index >= 15 is 0 Å². The van der Waals surface area contributed by atoms with Crippen molar-refractivity contribution in [1.29, 1.82) is 0 Å². The minimum Gasteiger partial charge on any atom is -0.462 e. The highest BCUT2D eigenvalue weighted by Crippen LogP contribution is 2.14. The molecule has 428 valence electrons. The zero-order valence-electron chi connectivity index (χ0n) is 49.0. The minimum atomic E-state index is -0.804. The SMILES string of the molecule is CC/C=C\C/C=C\C/C=C\C/C=C\C/C=C\C/C=C\C/C=C\C/C=C\CCCCCCC(=O)OCC(COC(=O)CCCCCCC/C=C\CCCCC)OC(=O)CCCCCCCCC/C=C\C/C=C\C/C=C\CC. The second kappa shape index (κ2) is 62.8. The van der Waals surface area contributed by atoms with Crippen LogP contribution in [-0.2, 0) is 28.6 Å². The summed E-state index contributed by atoms with van der Waals surface area (Å²) in [6.07, 6.45) is 89.9. The summed E-state index contributed by atoms with van der Waals surface area (Å²) in [5.74, 6) is -0.947.